The Kier molecular flexibility index (Phi) is 6.01. The molecule has 0 amide bonds. The van der Waals surface area contributed by atoms with Crippen molar-refractivity contribution >= 4 is 32.4 Å². The van der Waals surface area contributed by atoms with E-state index in [9.17, 15) is 4.21 Å². The molecule has 16 heavy (non-hydrogen) atoms. The molecule has 0 aromatic heterocycles. The summed E-state index contributed by atoms with van der Waals surface area (Å²) in [6.07, 6.45) is 0.829. The predicted octanol–water partition coefficient (Wildman–Crippen LogP) is 2.32. The summed E-state index contributed by atoms with van der Waals surface area (Å²) in [6, 6.07) is 5.57. The van der Waals surface area contributed by atoms with E-state index in [0.717, 1.165) is 16.5 Å². The van der Waals surface area contributed by atoms with Crippen molar-refractivity contribution in [3.8, 4) is 0 Å². The lowest BCUT2D eigenvalue weighted by molar-refractivity contribution is 0.200. The third-order valence-electron chi connectivity index (χ3n) is 2.11. The van der Waals surface area contributed by atoms with Crippen molar-refractivity contribution < 1.29 is 8.95 Å². The standard InChI is InChI=1S/C11H16BrNO2S/c1-15-5-2-6-16(14)8-9-3-4-10(13)7-11(9)12/h3-4,7H,2,5-6,8,13H2,1H3. The number of anilines is 1. The highest BCUT2D eigenvalue weighted by atomic mass is 79.9. The quantitative estimate of drug-likeness (QED) is 0.648. The summed E-state index contributed by atoms with van der Waals surface area (Å²) in [6.45, 7) is 0.661. The average molecular weight is 306 g/mol. The third kappa shape index (κ3) is 4.63. The van der Waals surface area contributed by atoms with Gasteiger partial charge in [-0.3, -0.25) is 4.21 Å². The number of methoxy groups -OCH3 is 1. The van der Waals surface area contributed by atoms with E-state index in [1.807, 2.05) is 18.2 Å². The van der Waals surface area contributed by atoms with Gasteiger partial charge >= 0.3 is 0 Å². The zero-order chi connectivity index (χ0) is 12.0. The Balaban J connectivity index is 2.49. The van der Waals surface area contributed by atoms with Gasteiger partial charge in [0.25, 0.3) is 0 Å². The zero-order valence-electron chi connectivity index (χ0n) is 9.24. The highest BCUT2D eigenvalue weighted by Crippen LogP contribution is 2.21. The molecule has 0 fully saturated rings. The highest BCUT2D eigenvalue weighted by Gasteiger charge is 2.05. The first-order valence-electron chi connectivity index (χ1n) is 5.01. The first kappa shape index (κ1) is 13.7. The van der Waals surface area contributed by atoms with Gasteiger partial charge in [-0.25, -0.2) is 0 Å². The Morgan fingerprint density at radius 2 is 2.25 bits per heavy atom. The molecular weight excluding hydrogens is 290 g/mol. The molecule has 1 aromatic rings. The van der Waals surface area contributed by atoms with Crippen LogP contribution in [0.15, 0.2) is 22.7 Å². The van der Waals surface area contributed by atoms with Gasteiger partial charge in [0.05, 0.1) is 0 Å². The largest absolute Gasteiger partial charge is 0.399 e. The Bertz CT molecular complexity index is 371. The third-order valence-corrected chi connectivity index (χ3v) is 4.23. The Hall–Kier alpha value is -0.390. The lowest BCUT2D eigenvalue weighted by Gasteiger charge is -2.05. The predicted molar refractivity (Wildman–Crippen MR) is 71.8 cm³/mol. The van der Waals surface area contributed by atoms with Crippen LogP contribution in [0.3, 0.4) is 0 Å². The molecule has 0 bridgehead atoms. The van der Waals surface area contributed by atoms with Gasteiger partial charge in [-0.15, -0.1) is 0 Å². The van der Waals surface area contributed by atoms with E-state index in [-0.39, 0.29) is 0 Å². The molecule has 1 aromatic carbocycles. The molecule has 0 spiro atoms. The van der Waals surface area contributed by atoms with E-state index in [4.69, 9.17) is 10.5 Å². The van der Waals surface area contributed by atoms with Crippen molar-refractivity contribution in [3.63, 3.8) is 0 Å². The normalized spacial score (nSPS) is 12.6. The molecule has 1 unspecified atom stereocenters. The van der Waals surface area contributed by atoms with Gasteiger partial charge in [-0.1, -0.05) is 22.0 Å². The second-order valence-electron chi connectivity index (χ2n) is 3.49. The maximum absolute atomic E-state index is 11.7. The molecule has 0 aliphatic rings. The second kappa shape index (κ2) is 7.04. The molecule has 1 atom stereocenters. The number of rotatable bonds is 6. The molecule has 5 heteroatoms. The molecule has 3 nitrogen and oxygen atoms in total. The van der Waals surface area contributed by atoms with Crippen LogP contribution in [0.25, 0.3) is 0 Å². The smallest absolute Gasteiger partial charge is 0.0496 e. The van der Waals surface area contributed by atoms with E-state index in [1.54, 1.807) is 7.11 Å². The number of ether oxygens (including phenoxy) is 1. The molecule has 0 aliphatic carbocycles. The Morgan fingerprint density at radius 3 is 2.88 bits per heavy atom. The van der Waals surface area contributed by atoms with Gasteiger partial charge in [0.2, 0.25) is 0 Å². The first-order valence-corrected chi connectivity index (χ1v) is 7.29. The molecule has 1 rings (SSSR count). The van der Waals surface area contributed by atoms with Crippen LogP contribution < -0.4 is 5.73 Å². The van der Waals surface area contributed by atoms with Crippen LogP contribution in [-0.4, -0.2) is 23.7 Å². The molecule has 0 radical (unpaired) electrons. The number of nitrogens with two attached hydrogens (primary N) is 1. The van der Waals surface area contributed by atoms with Gasteiger partial charge in [-0.2, -0.15) is 0 Å². The monoisotopic (exact) mass is 305 g/mol. The van der Waals surface area contributed by atoms with Crippen LogP contribution >= 0.6 is 15.9 Å². The van der Waals surface area contributed by atoms with Gasteiger partial charge < -0.3 is 10.5 Å². The van der Waals surface area contributed by atoms with Crippen molar-refractivity contribution in [3.05, 3.63) is 28.2 Å². The fourth-order valence-corrected chi connectivity index (χ4v) is 3.20. The van der Waals surface area contributed by atoms with Crippen LogP contribution in [0.2, 0.25) is 0 Å². The molecule has 0 aliphatic heterocycles. The SMILES string of the molecule is COCCCS(=O)Cc1ccc(N)cc1Br. The van der Waals surface area contributed by atoms with E-state index < -0.39 is 10.8 Å². The topological polar surface area (TPSA) is 52.3 Å². The van der Waals surface area contributed by atoms with Crippen LogP contribution in [0.5, 0.6) is 0 Å². The summed E-state index contributed by atoms with van der Waals surface area (Å²) >= 11 is 3.42. The number of hydrogen-bond donors (Lipinski definition) is 1. The van der Waals surface area contributed by atoms with Crippen LogP contribution in [0.1, 0.15) is 12.0 Å². The molecule has 2 N–H and O–H groups in total. The molecule has 0 heterocycles. The molecule has 90 valence electrons. The fraction of sp³-hybridized carbons (Fsp3) is 0.455. The Morgan fingerprint density at radius 1 is 1.50 bits per heavy atom. The number of hydrogen-bond acceptors (Lipinski definition) is 3. The van der Waals surface area contributed by atoms with Crippen molar-refractivity contribution in [1.29, 1.82) is 0 Å². The van der Waals surface area contributed by atoms with Crippen molar-refractivity contribution in [1.82, 2.24) is 0 Å². The van der Waals surface area contributed by atoms with Crippen LogP contribution in [0.4, 0.5) is 5.69 Å². The lowest BCUT2D eigenvalue weighted by atomic mass is 10.2. The number of halogens is 1. The minimum absolute atomic E-state index is 0.560. The summed E-state index contributed by atoms with van der Waals surface area (Å²) in [5.41, 5.74) is 7.38. The minimum Gasteiger partial charge on any atom is -0.399 e. The van der Waals surface area contributed by atoms with E-state index in [1.165, 1.54) is 0 Å². The summed E-state index contributed by atoms with van der Waals surface area (Å²) in [4.78, 5) is 0. The zero-order valence-corrected chi connectivity index (χ0v) is 11.6. The summed E-state index contributed by atoms with van der Waals surface area (Å²) < 4.78 is 17.6. The van der Waals surface area contributed by atoms with Gasteiger partial charge in [0.1, 0.15) is 0 Å². The summed E-state index contributed by atoms with van der Waals surface area (Å²) in [5, 5.41) is 0. The fourth-order valence-electron chi connectivity index (χ4n) is 1.29. The number of nitrogen functional groups attached to an aromatic ring is 1. The van der Waals surface area contributed by atoms with Crippen molar-refractivity contribution in [2.75, 3.05) is 25.2 Å². The minimum atomic E-state index is -0.840. The summed E-state index contributed by atoms with van der Waals surface area (Å²) in [5.74, 6) is 1.23. The summed E-state index contributed by atoms with van der Waals surface area (Å²) in [7, 11) is 0.812. The maximum atomic E-state index is 11.7. The molecule has 0 saturated heterocycles. The van der Waals surface area contributed by atoms with E-state index >= 15 is 0 Å². The maximum Gasteiger partial charge on any atom is 0.0496 e. The van der Waals surface area contributed by atoms with Crippen molar-refractivity contribution in [2.24, 2.45) is 0 Å². The highest BCUT2D eigenvalue weighted by molar-refractivity contribution is 9.10. The Labute approximate surface area is 107 Å². The molecular formula is C11H16BrNO2S. The van der Waals surface area contributed by atoms with Crippen molar-refractivity contribution in [2.45, 2.75) is 12.2 Å². The van der Waals surface area contributed by atoms with Gasteiger partial charge in [0.15, 0.2) is 0 Å². The van der Waals surface area contributed by atoms with Gasteiger partial charge in [-0.05, 0) is 24.1 Å². The van der Waals surface area contributed by atoms with Gasteiger partial charge in [0, 0.05) is 46.2 Å². The first-order chi connectivity index (χ1) is 7.63. The number of benzene rings is 1. The second-order valence-corrected chi connectivity index (χ2v) is 5.92. The molecule has 0 saturated carbocycles. The average Bonchev–Trinajstić information content (AvgIpc) is 2.23. The van der Waals surface area contributed by atoms with E-state index in [2.05, 4.69) is 15.9 Å². The lowest BCUT2D eigenvalue weighted by Crippen LogP contribution is -2.04. The van der Waals surface area contributed by atoms with Crippen LogP contribution in [0, 0.1) is 0 Å². The van der Waals surface area contributed by atoms with Crippen LogP contribution in [-0.2, 0) is 21.3 Å². The van der Waals surface area contributed by atoms with E-state index in [0.29, 0.717) is 23.8 Å².